The van der Waals surface area contributed by atoms with Crippen LogP contribution in [0.1, 0.15) is 23.3 Å². The molecule has 0 N–H and O–H groups in total. The first-order chi connectivity index (χ1) is 36.9. The van der Waals surface area contributed by atoms with Gasteiger partial charge in [-0.2, -0.15) is 0 Å². The van der Waals surface area contributed by atoms with Crippen molar-refractivity contribution in [3.63, 3.8) is 0 Å². The van der Waals surface area contributed by atoms with Crippen LogP contribution in [0, 0.1) is 0 Å². The fourth-order valence-corrected chi connectivity index (χ4v) is 10.9. The lowest BCUT2D eigenvalue weighted by atomic mass is 9.34. The molecule has 11 aromatic rings. The van der Waals surface area contributed by atoms with Crippen molar-refractivity contribution in [1.29, 1.82) is 0 Å². The molecular weight excluding hydrogens is 726 g/mol. The predicted octanol–water partition coefficient (Wildman–Crippen LogP) is 9.11. The summed E-state index contributed by atoms with van der Waals surface area (Å²) in [5, 5.41) is 3.43. The molecule has 60 heavy (non-hydrogen) atoms. The Morgan fingerprint density at radius 1 is 0.350 bits per heavy atom. The van der Waals surface area contributed by atoms with Gasteiger partial charge in [0.25, 0.3) is 13.4 Å². The van der Waals surface area contributed by atoms with Crippen LogP contribution < -0.4 is 42.6 Å². The fourth-order valence-electron chi connectivity index (χ4n) is 10.9. The monoisotopic (exact) mass is 775 g/mol. The van der Waals surface area contributed by atoms with Gasteiger partial charge in [-0.15, -0.1) is 0 Å². The van der Waals surface area contributed by atoms with Gasteiger partial charge in [-0.1, -0.05) is 121 Å². The van der Waals surface area contributed by atoms with Crippen molar-refractivity contribution in [3.8, 4) is 11.4 Å². The number of hydrogen-bond donors (Lipinski definition) is 0. The molecule has 6 heteroatoms. The molecule has 0 aliphatic carbocycles. The number of fused-ring (bicyclic) bond motifs is 14. The second-order valence-electron chi connectivity index (χ2n) is 15.5. The summed E-state index contributed by atoms with van der Waals surface area (Å²) in [4.78, 5) is 2.95. The van der Waals surface area contributed by atoms with Gasteiger partial charge >= 0.3 is 0 Å². The average molecular weight is 776 g/mol. The summed E-state index contributed by atoms with van der Waals surface area (Å²) >= 11 is 0. The zero-order valence-corrected chi connectivity index (χ0v) is 31.1. The molecule has 0 spiro atoms. The van der Waals surface area contributed by atoms with E-state index in [-0.39, 0.29) is 63.9 Å². The van der Waals surface area contributed by atoms with E-state index in [1.54, 1.807) is 23.1 Å². The van der Waals surface area contributed by atoms with E-state index in [0.717, 1.165) is 54.5 Å². The van der Waals surface area contributed by atoms with Gasteiger partial charge in [-0.25, -0.2) is 0 Å². The lowest BCUT2D eigenvalue weighted by Gasteiger charge is -2.40. The first-order valence-corrected chi connectivity index (χ1v) is 19.6. The molecule has 0 fully saturated rings. The second kappa shape index (κ2) is 11.1. The maximum absolute atomic E-state index is 9.55. The largest absolute Gasteiger partial charge is 0.311 e. The number of aromatic nitrogens is 2. The van der Waals surface area contributed by atoms with E-state index in [1.807, 2.05) is 54.6 Å². The van der Waals surface area contributed by atoms with Gasteiger partial charge in [0.15, 0.2) is 0 Å². The van der Waals surface area contributed by atoms with E-state index in [4.69, 9.17) is 15.1 Å². The van der Waals surface area contributed by atoms with Gasteiger partial charge in [-0.3, -0.25) is 0 Å². The Morgan fingerprint density at radius 2 is 0.817 bits per heavy atom. The predicted molar refractivity (Wildman–Crippen MR) is 254 cm³/mol. The maximum atomic E-state index is 9.55. The minimum absolute atomic E-state index is 0.0137. The van der Waals surface area contributed by atoms with E-state index in [2.05, 4.69) is 21.3 Å². The molecule has 0 unspecified atom stereocenters. The second-order valence-corrected chi connectivity index (χ2v) is 15.5. The third kappa shape index (κ3) is 3.68. The van der Waals surface area contributed by atoms with Gasteiger partial charge < -0.3 is 18.9 Å². The third-order valence-electron chi connectivity index (χ3n) is 12.9. The highest BCUT2D eigenvalue weighted by Gasteiger charge is 2.44. The molecule has 0 radical (unpaired) electrons. The topological polar surface area (TPSA) is 16.3 Å². The lowest BCUT2D eigenvalue weighted by Crippen LogP contribution is -2.60. The van der Waals surface area contributed by atoms with E-state index >= 15 is 0 Å². The van der Waals surface area contributed by atoms with Crippen molar-refractivity contribution in [1.82, 2.24) is 9.13 Å². The molecule has 0 bridgehead atoms. The van der Waals surface area contributed by atoms with Crippen LogP contribution in [0.4, 0.5) is 34.1 Å². The molecule has 4 aliphatic heterocycles. The number of hydrogen-bond acceptors (Lipinski definition) is 2. The van der Waals surface area contributed by atoms with Crippen molar-refractivity contribution in [2.24, 2.45) is 0 Å². The summed E-state index contributed by atoms with van der Waals surface area (Å²) in [5.74, 6) is 0. The average Bonchev–Trinajstić information content (AvgIpc) is 4.21. The number of para-hydroxylation sites is 6. The normalized spacial score (nSPS) is 17.8. The van der Waals surface area contributed by atoms with Crippen molar-refractivity contribution in [2.45, 2.75) is 0 Å². The zero-order chi connectivity index (χ0) is 53.6. The standard InChI is InChI=1S/C54H32B2N4/c1-3-15-33(16-4-1)57-43-25-9-7-21-39(43)55-41-23-11-19-35-37-31-38-36-20-12-24-42-54(36)60(50(38)32-49(37)59(53(35)41)47-29-13-27-45(57)51(47)55)48-30-14-28-46-52(48)56(42)40-22-8-10-26-44(40)58(46)34-17-5-2-6-18-34/h1-32H/i1D,2D,3D,4D,5D,6D,7D,8D,9D,10D,15D,16D,17D,21D,22D,25D,26D. The van der Waals surface area contributed by atoms with Crippen LogP contribution in [0.3, 0.4) is 0 Å². The number of benzene rings is 9. The number of rotatable bonds is 2. The Balaban J connectivity index is 1.06. The van der Waals surface area contributed by atoms with Crippen molar-refractivity contribution < 1.29 is 23.3 Å². The lowest BCUT2D eigenvalue weighted by molar-refractivity contribution is 1.16. The molecule has 0 atom stereocenters. The molecule has 0 amide bonds. The Bertz CT molecular complexity index is 4700. The summed E-state index contributed by atoms with van der Waals surface area (Å²) in [5.41, 5.74) is 8.31. The molecule has 9 aromatic carbocycles. The quantitative estimate of drug-likeness (QED) is 0.163. The summed E-state index contributed by atoms with van der Waals surface area (Å²) in [6.07, 6.45) is 0. The van der Waals surface area contributed by atoms with Gasteiger partial charge in [0.1, 0.15) is 0 Å². The van der Waals surface area contributed by atoms with E-state index in [1.165, 1.54) is 11.0 Å². The van der Waals surface area contributed by atoms with Crippen LogP contribution in [-0.4, -0.2) is 22.6 Å². The van der Waals surface area contributed by atoms with Crippen molar-refractivity contribution in [3.05, 3.63) is 194 Å². The van der Waals surface area contributed by atoms with E-state index < -0.39 is 85.9 Å². The van der Waals surface area contributed by atoms with Crippen molar-refractivity contribution in [2.75, 3.05) is 9.80 Å². The summed E-state index contributed by atoms with van der Waals surface area (Å²) in [6, 6.07) is 20.5. The summed E-state index contributed by atoms with van der Waals surface area (Å²) in [7, 11) is 0. The minimum Gasteiger partial charge on any atom is -0.311 e. The highest BCUT2D eigenvalue weighted by Crippen LogP contribution is 2.45. The highest BCUT2D eigenvalue weighted by atomic mass is 15.2. The first-order valence-electron chi connectivity index (χ1n) is 28.1. The first kappa shape index (κ1) is 19.8. The van der Waals surface area contributed by atoms with Crippen LogP contribution in [0.5, 0.6) is 0 Å². The Hall–Kier alpha value is -7.69. The molecule has 0 saturated carbocycles. The minimum atomic E-state index is -0.796. The maximum Gasteiger partial charge on any atom is 0.252 e. The van der Waals surface area contributed by atoms with Crippen molar-refractivity contribution >= 4 is 124 Å². The van der Waals surface area contributed by atoms with Gasteiger partial charge in [0.2, 0.25) is 0 Å². The van der Waals surface area contributed by atoms with Gasteiger partial charge in [0.05, 0.1) is 34.3 Å². The molecule has 4 aliphatic rings. The van der Waals surface area contributed by atoms with Crippen LogP contribution in [0.15, 0.2) is 194 Å². The summed E-state index contributed by atoms with van der Waals surface area (Å²) < 4.78 is 157. The molecule has 274 valence electrons. The molecule has 2 aromatic heterocycles. The van der Waals surface area contributed by atoms with E-state index in [9.17, 15) is 8.22 Å². The molecule has 4 nitrogen and oxygen atoms in total. The third-order valence-corrected chi connectivity index (χ3v) is 12.9. The Morgan fingerprint density at radius 3 is 1.40 bits per heavy atom. The molecular formula is C54H32B2N4. The Labute approximate surface area is 370 Å². The van der Waals surface area contributed by atoms with Crippen LogP contribution in [0.2, 0.25) is 0 Å². The molecule has 15 rings (SSSR count). The number of anilines is 6. The molecule has 0 saturated heterocycles. The zero-order valence-electron chi connectivity index (χ0n) is 48.1. The van der Waals surface area contributed by atoms with Crippen LogP contribution in [-0.2, 0) is 0 Å². The number of nitrogens with zero attached hydrogens (tertiary/aromatic N) is 4. The summed E-state index contributed by atoms with van der Waals surface area (Å²) in [6.45, 7) is -1.54. The van der Waals surface area contributed by atoms with Crippen LogP contribution in [0.25, 0.3) is 55.0 Å². The SMILES string of the molecule is [2H]c1cc(N2c3cccc4c3B(c3c([2H])c([2H])c([2H])c([2H])c32)c2cccc3c5cc6c7cccc8c7n(c6cc5n-4c23)-c2cccc3c2B8c2c([2H])c([2H])c([2H])c([2H])c2N3c2c([2H])c([2H])c([2H])c([2H])c2[2H])c([2H])c([2H])c1[2H]. The smallest absolute Gasteiger partial charge is 0.252 e. The fraction of sp³-hybridized carbons (Fsp3) is 0. The van der Waals surface area contributed by atoms with Crippen LogP contribution >= 0.6 is 0 Å². The van der Waals surface area contributed by atoms with Gasteiger partial charge in [0, 0.05) is 78.1 Å². The highest BCUT2D eigenvalue weighted by molar-refractivity contribution is 7.01. The van der Waals surface area contributed by atoms with E-state index in [0.29, 0.717) is 33.7 Å². The van der Waals surface area contributed by atoms with Gasteiger partial charge in [-0.05, 0) is 105 Å². The molecule has 6 heterocycles. The Kier molecular flexibility index (Phi) is 3.66.